The molecule has 30 heavy (non-hydrogen) atoms. The summed E-state index contributed by atoms with van der Waals surface area (Å²) in [6.07, 6.45) is 2.79. The third-order valence-electron chi connectivity index (χ3n) is 5.64. The van der Waals surface area contributed by atoms with E-state index in [1.165, 1.54) is 0 Å². The predicted molar refractivity (Wildman–Crippen MR) is 117 cm³/mol. The summed E-state index contributed by atoms with van der Waals surface area (Å²) < 4.78 is 5.27. The Bertz CT molecular complexity index is 994. The van der Waals surface area contributed by atoms with Crippen LogP contribution in [0, 0.1) is 6.92 Å². The zero-order valence-corrected chi connectivity index (χ0v) is 17.8. The van der Waals surface area contributed by atoms with E-state index in [0.717, 1.165) is 34.8 Å². The van der Waals surface area contributed by atoms with Gasteiger partial charge >= 0.3 is 0 Å². The van der Waals surface area contributed by atoms with Crippen LogP contribution in [0.15, 0.2) is 70.1 Å². The van der Waals surface area contributed by atoms with E-state index in [4.69, 9.17) is 4.52 Å². The lowest BCUT2D eigenvalue weighted by molar-refractivity contribution is -0.00804. The Hall–Kier alpha value is -2.57. The molecule has 1 saturated carbocycles. The number of carbonyl (C=O) groups excluding carboxylic acids is 1. The molecule has 6 heteroatoms. The van der Waals surface area contributed by atoms with Crippen molar-refractivity contribution in [1.82, 2.24) is 10.5 Å². The summed E-state index contributed by atoms with van der Waals surface area (Å²) in [7, 11) is 0. The van der Waals surface area contributed by atoms with Gasteiger partial charge in [-0.25, -0.2) is 0 Å². The Morgan fingerprint density at radius 2 is 1.87 bits per heavy atom. The first-order chi connectivity index (χ1) is 14.5. The van der Waals surface area contributed by atoms with Gasteiger partial charge in [-0.05, 0) is 50.3 Å². The number of hydrogen-bond donors (Lipinski definition) is 2. The minimum atomic E-state index is -0.800. The molecule has 4 rings (SSSR count). The van der Waals surface area contributed by atoms with Crippen molar-refractivity contribution >= 4 is 17.7 Å². The minimum Gasteiger partial charge on any atom is -0.385 e. The van der Waals surface area contributed by atoms with Crippen LogP contribution < -0.4 is 5.32 Å². The molecule has 1 aromatic heterocycles. The number of hydrogen-bond acceptors (Lipinski definition) is 5. The van der Waals surface area contributed by atoms with Gasteiger partial charge in [-0.15, -0.1) is 11.8 Å². The summed E-state index contributed by atoms with van der Waals surface area (Å²) in [5.41, 5.74) is 1.68. The van der Waals surface area contributed by atoms with Gasteiger partial charge in [-0.3, -0.25) is 4.79 Å². The fourth-order valence-electron chi connectivity index (χ4n) is 3.95. The van der Waals surface area contributed by atoms with Crippen molar-refractivity contribution in [2.24, 2.45) is 0 Å². The van der Waals surface area contributed by atoms with Crippen molar-refractivity contribution in [2.75, 3.05) is 0 Å². The van der Waals surface area contributed by atoms with Gasteiger partial charge < -0.3 is 14.9 Å². The molecule has 0 unspecified atom stereocenters. The SMILES string of the molecule is Cc1cc(CSc2ccccc2C(=O)NC2CCC(O)(c3ccccc3)CC2)on1. The van der Waals surface area contributed by atoms with Crippen molar-refractivity contribution in [3.8, 4) is 0 Å². The lowest BCUT2D eigenvalue weighted by Gasteiger charge is -2.36. The molecule has 0 saturated heterocycles. The zero-order valence-electron chi connectivity index (χ0n) is 17.0. The van der Waals surface area contributed by atoms with Crippen molar-refractivity contribution in [2.45, 2.75) is 54.9 Å². The molecule has 3 aromatic rings. The number of rotatable bonds is 6. The van der Waals surface area contributed by atoms with E-state index in [2.05, 4.69) is 10.5 Å². The molecule has 0 aliphatic heterocycles. The fourth-order valence-corrected chi connectivity index (χ4v) is 4.88. The van der Waals surface area contributed by atoms with Crippen LogP contribution in [0.25, 0.3) is 0 Å². The fraction of sp³-hybridized carbons (Fsp3) is 0.333. The van der Waals surface area contributed by atoms with Gasteiger partial charge in [-0.1, -0.05) is 47.6 Å². The van der Waals surface area contributed by atoms with Crippen molar-refractivity contribution in [1.29, 1.82) is 0 Å². The normalized spacial score (nSPS) is 21.3. The third-order valence-corrected chi connectivity index (χ3v) is 6.73. The molecule has 156 valence electrons. The predicted octanol–water partition coefficient (Wildman–Crippen LogP) is 4.84. The second-order valence-corrected chi connectivity index (χ2v) is 8.88. The molecule has 1 heterocycles. The first-order valence-electron chi connectivity index (χ1n) is 10.3. The molecule has 2 aromatic carbocycles. The summed E-state index contributed by atoms with van der Waals surface area (Å²) in [4.78, 5) is 13.9. The highest BCUT2D eigenvalue weighted by molar-refractivity contribution is 7.98. The second-order valence-electron chi connectivity index (χ2n) is 7.86. The topological polar surface area (TPSA) is 75.4 Å². The molecule has 1 aliphatic rings. The maximum atomic E-state index is 13.0. The number of aryl methyl sites for hydroxylation is 1. The number of benzene rings is 2. The summed E-state index contributed by atoms with van der Waals surface area (Å²) in [6, 6.07) is 19.4. The molecule has 2 N–H and O–H groups in total. The van der Waals surface area contributed by atoms with Crippen molar-refractivity contribution < 1.29 is 14.4 Å². The molecule has 0 spiro atoms. The van der Waals surface area contributed by atoms with E-state index in [9.17, 15) is 9.90 Å². The number of nitrogens with zero attached hydrogens (tertiary/aromatic N) is 1. The first kappa shape index (κ1) is 20.7. The number of amides is 1. The molecule has 1 aliphatic carbocycles. The highest BCUT2D eigenvalue weighted by atomic mass is 32.2. The Morgan fingerprint density at radius 3 is 2.57 bits per heavy atom. The van der Waals surface area contributed by atoms with Crippen LogP contribution in [0.3, 0.4) is 0 Å². The van der Waals surface area contributed by atoms with Crippen LogP contribution in [-0.4, -0.2) is 22.2 Å². The lowest BCUT2D eigenvalue weighted by atomic mass is 9.78. The smallest absolute Gasteiger partial charge is 0.252 e. The lowest BCUT2D eigenvalue weighted by Crippen LogP contribution is -2.42. The van der Waals surface area contributed by atoms with Crippen LogP contribution in [0.5, 0.6) is 0 Å². The maximum Gasteiger partial charge on any atom is 0.252 e. The molecule has 5 nitrogen and oxygen atoms in total. The van der Waals surface area contributed by atoms with Gasteiger partial charge in [0.2, 0.25) is 0 Å². The van der Waals surface area contributed by atoms with Gasteiger partial charge in [0.25, 0.3) is 5.91 Å². The molecule has 0 radical (unpaired) electrons. The number of aliphatic hydroxyl groups is 1. The van der Waals surface area contributed by atoms with Crippen LogP contribution in [0.2, 0.25) is 0 Å². The van der Waals surface area contributed by atoms with Gasteiger partial charge in [-0.2, -0.15) is 0 Å². The van der Waals surface area contributed by atoms with Crippen LogP contribution in [-0.2, 0) is 11.4 Å². The summed E-state index contributed by atoms with van der Waals surface area (Å²) >= 11 is 1.57. The highest BCUT2D eigenvalue weighted by Gasteiger charge is 2.35. The Labute approximate surface area is 180 Å². The van der Waals surface area contributed by atoms with Gasteiger partial charge in [0.05, 0.1) is 22.6 Å². The van der Waals surface area contributed by atoms with Crippen molar-refractivity contribution in [3.63, 3.8) is 0 Å². The zero-order chi connectivity index (χ0) is 21.0. The molecule has 1 amide bonds. The van der Waals surface area contributed by atoms with E-state index < -0.39 is 5.60 Å². The Balaban J connectivity index is 1.37. The van der Waals surface area contributed by atoms with E-state index >= 15 is 0 Å². The minimum absolute atomic E-state index is 0.0662. The quantitative estimate of drug-likeness (QED) is 0.556. The standard InChI is InChI=1S/C24H26N2O3S/c1-17-15-20(29-26-17)16-30-22-10-6-5-9-21(22)23(27)25-19-11-13-24(28,14-12-19)18-7-3-2-4-8-18/h2-10,15,19,28H,11-14,16H2,1H3,(H,25,27). The molecular weight excluding hydrogens is 396 g/mol. The third kappa shape index (κ3) is 4.77. The largest absolute Gasteiger partial charge is 0.385 e. The van der Waals surface area contributed by atoms with Crippen LogP contribution >= 0.6 is 11.8 Å². The first-order valence-corrected chi connectivity index (χ1v) is 11.2. The average molecular weight is 423 g/mol. The van der Waals surface area contributed by atoms with E-state index in [1.807, 2.05) is 67.6 Å². The molecule has 0 atom stereocenters. The molecule has 1 fully saturated rings. The highest BCUT2D eigenvalue weighted by Crippen LogP contribution is 2.37. The monoisotopic (exact) mass is 422 g/mol. The van der Waals surface area contributed by atoms with E-state index in [0.29, 0.717) is 24.2 Å². The number of aromatic nitrogens is 1. The van der Waals surface area contributed by atoms with Gasteiger partial charge in [0.15, 0.2) is 0 Å². The Morgan fingerprint density at radius 1 is 1.17 bits per heavy atom. The van der Waals surface area contributed by atoms with Crippen LogP contribution in [0.4, 0.5) is 0 Å². The van der Waals surface area contributed by atoms with E-state index in [1.54, 1.807) is 11.8 Å². The van der Waals surface area contributed by atoms with Crippen LogP contribution in [0.1, 0.15) is 53.1 Å². The maximum absolute atomic E-state index is 13.0. The van der Waals surface area contributed by atoms with Crippen molar-refractivity contribution in [3.05, 3.63) is 83.2 Å². The molecular formula is C24H26N2O3S. The summed E-state index contributed by atoms with van der Waals surface area (Å²) in [5, 5.41) is 18.1. The average Bonchev–Trinajstić information content (AvgIpc) is 3.20. The summed E-state index contributed by atoms with van der Waals surface area (Å²) in [5.74, 6) is 1.35. The molecule has 0 bridgehead atoms. The van der Waals surface area contributed by atoms with E-state index in [-0.39, 0.29) is 11.9 Å². The number of carbonyl (C=O) groups is 1. The number of thioether (sulfide) groups is 1. The second kappa shape index (κ2) is 9.06. The van der Waals surface area contributed by atoms with Gasteiger partial charge in [0, 0.05) is 17.0 Å². The Kier molecular flexibility index (Phi) is 6.25. The number of nitrogens with one attached hydrogen (secondary N) is 1. The summed E-state index contributed by atoms with van der Waals surface area (Å²) in [6.45, 7) is 1.89. The van der Waals surface area contributed by atoms with Gasteiger partial charge in [0.1, 0.15) is 5.76 Å².